The third kappa shape index (κ3) is 3.78. The maximum absolute atomic E-state index is 12.5. The maximum atomic E-state index is 12.5. The maximum Gasteiger partial charge on any atom is 0.311 e. The molecule has 0 spiro atoms. The number of phenols is 1. The van der Waals surface area contributed by atoms with Gasteiger partial charge in [0.15, 0.2) is 5.75 Å². The van der Waals surface area contributed by atoms with Gasteiger partial charge in [-0.05, 0) is 47.2 Å². The number of carbonyl (C=O) groups excluding carboxylic acids is 2. The monoisotopic (exact) mass is 434 g/mol. The number of halogens is 1. The Bertz CT molecular complexity index is 943. The van der Waals surface area contributed by atoms with Crippen LogP contribution in [0.5, 0.6) is 5.75 Å². The normalized spacial score (nSPS) is 15.7. The molecule has 7 nitrogen and oxygen atoms in total. The smallest absolute Gasteiger partial charge is 0.311 e. The van der Waals surface area contributed by atoms with E-state index >= 15 is 0 Å². The molecular formula is C17H11BrN2O5S. The number of hydrogen-bond donors (Lipinski definition) is 1. The predicted molar refractivity (Wildman–Crippen MR) is 100 cm³/mol. The number of imide groups is 1. The van der Waals surface area contributed by atoms with Gasteiger partial charge in [-0.1, -0.05) is 34.1 Å². The number of thioether (sulfide) groups is 1. The van der Waals surface area contributed by atoms with Gasteiger partial charge in [-0.2, -0.15) is 0 Å². The second-order valence-corrected chi connectivity index (χ2v) is 7.31. The lowest BCUT2D eigenvalue weighted by atomic mass is 10.1. The zero-order valence-corrected chi connectivity index (χ0v) is 15.5. The number of benzene rings is 2. The number of rotatable bonds is 4. The summed E-state index contributed by atoms with van der Waals surface area (Å²) in [5.41, 5.74) is 0.688. The first kappa shape index (κ1) is 18.2. The number of amides is 2. The van der Waals surface area contributed by atoms with E-state index in [1.165, 1.54) is 18.2 Å². The summed E-state index contributed by atoms with van der Waals surface area (Å²) in [6, 6.07) is 11.0. The topological polar surface area (TPSA) is 101 Å². The van der Waals surface area contributed by atoms with Gasteiger partial charge in [-0.15, -0.1) is 0 Å². The van der Waals surface area contributed by atoms with E-state index in [9.17, 15) is 24.8 Å². The van der Waals surface area contributed by atoms with Gasteiger partial charge >= 0.3 is 5.69 Å². The standard InChI is InChI=1S/C17H11BrN2O5S/c18-12-4-1-10(2-5-12)9-19-16(22)15(26-17(19)23)8-11-3-6-14(21)13(7-11)20(24)25/h1-8,21H,9H2/b15-8+. The van der Waals surface area contributed by atoms with Crippen LogP contribution in [-0.4, -0.2) is 26.1 Å². The van der Waals surface area contributed by atoms with Crippen molar-refractivity contribution in [1.29, 1.82) is 0 Å². The number of hydrogen-bond acceptors (Lipinski definition) is 6. The van der Waals surface area contributed by atoms with Crippen LogP contribution in [0.25, 0.3) is 6.08 Å². The molecule has 1 N–H and O–H groups in total. The first-order valence-electron chi connectivity index (χ1n) is 7.32. The Morgan fingerprint density at radius 2 is 1.88 bits per heavy atom. The molecule has 26 heavy (non-hydrogen) atoms. The second-order valence-electron chi connectivity index (χ2n) is 5.40. The molecule has 2 aromatic carbocycles. The quantitative estimate of drug-likeness (QED) is 0.437. The van der Waals surface area contributed by atoms with Crippen LogP contribution in [0.2, 0.25) is 0 Å². The number of nitrogens with zero attached hydrogens (tertiary/aromatic N) is 2. The summed E-state index contributed by atoms with van der Waals surface area (Å²) >= 11 is 4.10. The van der Waals surface area contributed by atoms with Gasteiger partial charge in [0.05, 0.1) is 16.4 Å². The van der Waals surface area contributed by atoms with Crippen molar-refractivity contribution >= 4 is 50.6 Å². The van der Waals surface area contributed by atoms with Crippen LogP contribution in [0.1, 0.15) is 11.1 Å². The average Bonchev–Trinajstić information content (AvgIpc) is 2.85. The van der Waals surface area contributed by atoms with Gasteiger partial charge in [0.1, 0.15) is 0 Å². The summed E-state index contributed by atoms with van der Waals surface area (Å²) in [6.45, 7) is 0.144. The highest BCUT2D eigenvalue weighted by Crippen LogP contribution is 2.35. The number of carbonyl (C=O) groups is 2. The van der Waals surface area contributed by atoms with E-state index in [1.807, 2.05) is 12.1 Å². The van der Waals surface area contributed by atoms with E-state index in [1.54, 1.807) is 12.1 Å². The van der Waals surface area contributed by atoms with Crippen LogP contribution in [0.15, 0.2) is 51.8 Å². The number of aromatic hydroxyl groups is 1. The Morgan fingerprint density at radius 3 is 2.54 bits per heavy atom. The van der Waals surface area contributed by atoms with Crippen LogP contribution < -0.4 is 0 Å². The molecule has 2 amide bonds. The molecule has 3 rings (SSSR count). The lowest BCUT2D eigenvalue weighted by Gasteiger charge is -2.12. The molecule has 0 saturated carbocycles. The molecule has 1 aliphatic rings. The van der Waals surface area contributed by atoms with Crippen LogP contribution in [0.4, 0.5) is 10.5 Å². The molecule has 0 aliphatic carbocycles. The van der Waals surface area contributed by atoms with Crippen molar-refractivity contribution in [1.82, 2.24) is 4.90 Å². The lowest BCUT2D eigenvalue weighted by molar-refractivity contribution is -0.385. The zero-order chi connectivity index (χ0) is 18.8. The van der Waals surface area contributed by atoms with Crippen molar-refractivity contribution < 1.29 is 19.6 Å². The van der Waals surface area contributed by atoms with E-state index < -0.39 is 27.5 Å². The second kappa shape index (κ2) is 7.30. The molecule has 0 aromatic heterocycles. The fourth-order valence-corrected chi connectivity index (χ4v) is 3.44. The van der Waals surface area contributed by atoms with Gasteiger partial charge < -0.3 is 5.11 Å². The highest BCUT2D eigenvalue weighted by molar-refractivity contribution is 9.10. The third-order valence-electron chi connectivity index (χ3n) is 3.62. The molecule has 2 aromatic rings. The van der Waals surface area contributed by atoms with Crippen molar-refractivity contribution in [3.05, 3.63) is 73.1 Å². The molecule has 1 fully saturated rings. The lowest BCUT2D eigenvalue weighted by Crippen LogP contribution is -2.27. The molecule has 1 saturated heterocycles. The van der Waals surface area contributed by atoms with Gasteiger partial charge in [-0.3, -0.25) is 24.6 Å². The van der Waals surface area contributed by atoms with Crippen molar-refractivity contribution in [2.75, 3.05) is 0 Å². The molecule has 1 heterocycles. The first-order chi connectivity index (χ1) is 12.3. The summed E-state index contributed by atoms with van der Waals surface area (Å²) in [7, 11) is 0. The Balaban J connectivity index is 1.84. The van der Waals surface area contributed by atoms with Crippen molar-refractivity contribution in [3.8, 4) is 5.75 Å². The largest absolute Gasteiger partial charge is 0.502 e. The molecule has 0 atom stereocenters. The van der Waals surface area contributed by atoms with Crippen molar-refractivity contribution in [3.63, 3.8) is 0 Å². The van der Waals surface area contributed by atoms with Gasteiger partial charge in [0, 0.05) is 10.5 Å². The molecule has 0 unspecified atom stereocenters. The van der Waals surface area contributed by atoms with Gasteiger partial charge in [-0.25, -0.2) is 0 Å². The van der Waals surface area contributed by atoms with Crippen LogP contribution in [-0.2, 0) is 11.3 Å². The first-order valence-corrected chi connectivity index (χ1v) is 8.93. The van der Waals surface area contributed by atoms with Gasteiger partial charge in [0.25, 0.3) is 11.1 Å². The number of nitro groups is 1. The predicted octanol–water partition coefficient (Wildman–Crippen LogP) is 4.30. The van der Waals surface area contributed by atoms with E-state index in [0.717, 1.165) is 32.8 Å². The Labute approximate surface area is 160 Å². The van der Waals surface area contributed by atoms with Crippen molar-refractivity contribution in [2.45, 2.75) is 6.54 Å². The van der Waals surface area contributed by atoms with E-state index in [2.05, 4.69) is 15.9 Å². The summed E-state index contributed by atoms with van der Waals surface area (Å²) < 4.78 is 0.893. The fourth-order valence-electron chi connectivity index (χ4n) is 2.34. The summed E-state index contributed by atoms with van der Waals surface area (Å²) in [5.74, 6) is -0.922. The molecule has 1 aliphatic heterocycles. The van der Waals surface area contributed by atoms with E-state index in [-0.39, 0.29) is 11.4 Å². The fraction of sp³-hybridized carbons (Fsp3) is 0.0588. The van der Waals surface area contributed by atoms with E-state index in [4.69, 9.17) is 0 Å². The van der Waals surface area contributed by atoms with Crippen LogP contribution in [0.3, 0.4) is 0 Å². The summed E-state index contributed by atoms with van der Waals surface area (Å²) in [6.07, 6.45) is 1.40. The zero-order valence-electron chi connectivity index (χ0n) is 13.1. The van der Waals surface area contributed by atoms with Crippen LogP contribution in [0, 0.1) is 10.1 Å². The minimum atomic E-state index is -0.716. The molecule has 0 radical (unpaired) electrons. The molecular weight excluding hydrogens is 424 g/mol. The minimum absolute atomic E-state index is 0.144. The number of phenolic OH excluding ortho intramolecular Hbond substituents is 1. The molecule has 132 valence electrons. The summed E-state index contributed by atoms with van der Waals surface area (Å²) in [4.78, 5) is 36.1. The number of nitro benzene ring substituents is 1. The highest BCUT2D eigenvalue weighted by atomic mass is 79.9. The minimum Gasteiger partial charge on any atom is -0.502 e. The SMILES string of the molecule is O=C1S/C(=C/c2ccc(O)c([N+](=O)[O-])c2)C(=O)N1Cc1ccc(Br)cc1. The van der Waals surface area contributed by atoms with Crippen molar-refractivity contribution in [2.24, 2.45) is 0 Å². The highest BCUT2D eigenvalue weighted by Gasteiger charge is 2.35. The molecule has 9 heteroatoms. The molecule has 0 bridgehead atoms. The Morgan fingerprint density at radius 1 is 1.19 bits per heavy atom. The average molecular weight is 435 g/mol. The van der Waals surface area contributed by atoms with Gasteiger partial charge in [0.2, 0.25) is 0 Å². The Kier molecular flexibility index (Phi) is 5.10. The van der Waals surface area contributed by atoms with E-state index in [0.29, 0.717) is 5.56 Å². The third-order valence-corrected chi connectivity index (χ3v) is 5.06. The summed E-state index contributed by atoms with van der Waals surface area (Å²) in [5, 5.41) is 20.0. The van der Waals surface area contributed by atoms with Crippen LogP contribution >= 0.6 is 27.7 Å². The Hall–Kier alpha value is -2.65.